The van der Waals surface area contributed by atoms with Crippen LogP contribution in [0, 0.1) is 18.3 Å². The molecule has 25 heavy (non-hydrogen) atoms. The molecule has 0 spiro atoms. The van der Waals surface area contributed by atoms with E-state index in [1.54, 1.807) is 18.2 Å². The lowest BCUT2D eigenvalue weighted by atomic mass is 9.95. The predicted molar refractivity (Wildman–Crippen MR) is 99.8 cm³/mol. The molecule has 0 bridgehead atoms. The van der Waals surface area contributed by atoms with Crippen LogP contribution in [0.3, 0.4) is 0 Å². The van der Waals surface area contributed by atoms with Crippen LogP contribution in [-0.4, -0.2) is 0 Å². The molecule has 0 saturated heterocycles. The highest BCUT2D eigenvalue weighted by Gasteiger charge is 2.11. The van der Waals surface area contributed by atoms with Crippen LogP contribution in [0.15, 0.2) is 51.7 Å². The molecular weight excluding hydrogens is 312 g/mol. The molecule has 1 heterocycles. The van der Waals surface area contributed by atoms with Crippen LogP contribution >= 0.6 is 0 Å². The molecule has 1 N–H and O–H groups in total. The normalized spacial score (nSPS) is 10.8. The van der Waals surface area contributed by atoms with Gasteiger partial charge in [0.25, 0.3) is 0 Å². The van der Waals surface area contributed by atoms with Gasteiger partial charge in [0.15, 0.2) is 0 Å². The van der Waals surface area contributed by atoms with E-state index in [4.69, 9.17) is 9.68 Å². The highest BCUT2D eigenvalue weighted by Crippen LogP contribution is 2.27. The molecule has 0 amide bonds. The predicted octanol–water partition coefficient (Wildman–Crippen LogP) is 4.71. The number of fused-ring (bicyclic) bond motifs is 1. The summed E-state index contributed by atoms with van der Waals surface area (Å²) in [5, 5.41) is 13.1. The van der Waals surface area contributed by atoms with E-state index in [1.165, 1.54) is 5.56 Å². The van der Waals surface area contributed by atoms with Crippen LogP contribution in [0.25, 0.3) is 11.0 Å². The van der Waals surface area contributed by atoms with Crippen molar-refractivity contribution in [1.29, 1.82) is 5.26 Å². The second-order valence-corrected chi connectivity index (χ2v) is 6.49. The van der Waals surface area contributed by atoms with Crippen molar-refractivity contribution in [1.82, 2.24) is 0 Å². The number of hydrogen-bond acceptors (Lipinski definition) is 4. The number of nitriles is 1. The molecule has 4 nitrogen and oxygen atoms in total. The molecule has 0 aliphatic carbocycles. The van der Waals surface area contributed by atoms with Gasteiger partial charge in [0, 0.05) is 23.7 Å². The Labute approximate surface area is 146 Å². The molecule has 0 aliphatic heterocycles. The SMILES string of the molecule is Cc1cc2oc(=O)cc(CNc3ccc(C#N)cc3)c2cc1C(C)C. The van der Waals surface area contributed by atoms with Crippen LogP contribution in [-0.2, 0) is 6.54 Å². The molecule has 126 valence electrons. The van der Waals surface area contributed by atoms with Crippen molar-refractivity contribution < 1.29 is 4.42 Å². The van der Waals surface area contributed by atoms with E-state index >= 15 is 0 Å². The molecule has 0 aliphatic rings. The lowest BCUT2D eigenvalue weighted by molar-refractivity contribution is 0.558. The summed E-state index contributed by atoms with van der Waals surface area (Å²) in [7, 11) is 0. The highest BCUT2D eigenvalue weighted by atomic mass is 16.4. The highest BCUT2D eigenvalue weighted by molar-refractivity contribution is 5.82. The first-order chi connectivity index (χ1) is 12.0. The van der Waals surface area contributed by atoms with Crippen LogP contribution in [0.4, 0.5) is 5.69 Å². The van der Waals surface area contributed by atoms with E-state index in [0.717, 1.165) is 22.2 Å². The minimum atomic E-state index is -0.346. The second-order valence-electron chi connectivity index (χ2n) is 6.49. The average molecular weight is 332 g/mol. The quantitative estimate of drug-likeness (QED) is 0.703. The fourth-order valence-corrected chi connectivity index (χ4v) is 3.02. The van der Waals surface area contributed by atoms with Crippen LogP contribution in [0.5, 0.6) is 0 Å². The number of benzene rings is 2. The summed E-state index contributed by atoms with van der Waals surface area (Å²) in [4.78, 5) is 11.9. The van der Waals surface area contributed by atoms with Crippen molar-refractivity contribution in [2.24, 2.45) is 0 Å². The molecule has 0 saturated carbocycles. The summed E-state index contributed by atoms with van der Waals surface area (Å²) in [5.41, 5.74) is 5.07. The van der Waals surface area contributed by atoms with E-state index in [-0.39, 0.29) is 5.63 Å². The lowest BCUT2D eigenvalue weighted by Gasteiger charge is -2.13. The number of hydrogen-bond donors (Lipinski definition) is 1. The molecule has 0 fully saturated rings. The molecule has 3 rings (SSSR count). The molecule has 0 unspecified atom stereocenters. The fourth-order valence-electron chi connectivity index (χ4n) is 3.02. The van der Waals surface area contributed by atoms with Crippen molar-refractivity contribution in [3.8, 4) is 6.07 Å². The van der Waals surface area contributed by atoms with Gasteiger partial charge in [-0.3, -0.25) is 0 Å². The summed E-state index contributed by atoms with van der Waals surface area (Å²) in [5.74, 6) is 0.399. The molecular formula is C21H20N2O2. The van der Waals surface area contributed by atoms with E-state index in [9.17, 15) is 4.79 Å². The summed E-state index contributed by atoms with van der Waals surface area (Å²) in [6.45, 7) is 6.86. The first-order valence-electron chi connectivity index (χ1n) is 8.29. The number of aryl methyl sites for hydroxylation is 1. The summed E-state index contributed by atoms with van der Waals surface area (Å²) in [6.07, 6.45) is 0. The van der Waals surface area contributed by atoms with Gasteiger partial charge in [0.05, 0.1) is 11.6 Å². The molecule has 1 aromatic heterocycles. The Kier molecular flexibility index (Phi) is 4.58. The molecule has 4 heteroatoms. The molecule has 0 radical (unpaired) electrons. The van der Waals surface area contributed by atoms with Crippen LogP contribution in [0.2, 0.25) is 0 Å². The molecule has 3 aromatic rings. The third kappa shape index (κ3) is 3.56. The van der Waals surface area contributed by atoms with Gasteiger partial charge in [-0.15, -0.1) is 0 Å². The maximum Gasteiger partial charge on any atom is 0.336 e. The Bertz CT molecular complexity index is 1010. The first-order valence-corrected chi connectivity index (χ1v) is 8.29. The first kappa shape index (κ1) is 16.8. The summed E-state index contributed by atoms with van der Waals surface area (Å²) < 4.78 is 5.38. The van der Waals surface area contributed by atoms with Gasteiger partial charge >= 0.3 is 5.63 Å². The Morgan fingerprint density at radius 2 is 1.88 bits per heavy atom. The standard InChI is InChI=1S/C21H20N2O2/c1-13(2)18-10-19-16(9-21(24)25-20(19)8-14(18)3)12-23-17-6-4-15(11-22)5-7-17/h4-10,13,23H,12H2,1-3H3. The number of nitrogens with zero attached hydrogens (tertiary/aromatic N) is 1. The van der Waals surface area contributed by atoms with Crippen molar-refractivity contribution in [3.63, 3.8) is 0 Å². The molecule has 0 atom stereocenters. The van der Waals surface area contributed by atoms with Crippen molar-refractivity contribution >= 4 is 16.7 Å². The van der Waals surface area contributed by atoms with Gasteiger partial charge in [-0.2, -0.15) is 5.26 Å². The van der Waals surface area contributed by atoms with Crippen molar-refractivity contribution in [2.75, 3.05) is 5.32 Å². The van der Waals surface area contributed by atoms with Gasteiger partial charge in [0.2, 0.25) is 0 Å². The van der Waals surface area contributed by atoms with Crippen molar-refractivity contribution in [2.45, 2.75) is 33.2 Å². The Morgan fingerprint density at radius 3 is 2.52 bits per heavy atom. The Morgan fingerprint density at radius 1 is 1.16 bits per heavy atom. The minimum absolute atomic E-state index is 0.346. The van der Waals surface area contributed by atoms with Gasteiger partial charge in [0.1, 0.15) is 5.58 Å². The fraction of sp³-hybridized carbons (Fsp3) is 0.238. The third-order valence-corrected chi connectivity index (χ3v) is 4.34. The number of rotatable bonds is 4. The Hall–Kier alpha value is -3.06. The van der Waals surface area contributed by atoms with E-state index in [2.05, 4.69) is 31.3 Å². The zero-order chi connectivity index (χ0) is 18.0. The number of nitrogens with one attached hydrogen (secondary N) is 1. The summed E-state index contributed by atoms with van der Waals surface area (Å²) >= 11 is 0. The van der Waals surface area contributed by atoms with E-state index in [0.29, 0.717) is 23.6 Å². The van der Waals surface area contributed by atoms with Crippen molar-refractivity contribution in [3.05, 3.63) is 75.1 Å². The maximum atomic E-state index is 11.9. The zero-order valence-electron chi connectivity index (χ0n) is 14.6. The average Bonchev–Trinajstić information content (AvgIpc) is 2.59. The van der Waals surface area contributed by atoms with Gasteiger partial charge < -0.3 is 9.73 Å². The molecule has 2 aromatic carbocycles. The lowest BCUT2D eigenvalue weighted by Crippen LogP contribution is -2.06. The number of anilines is 1. The van der Waals surface area contributed by atoms with Gasteiger partial charge in [-0.1, -0.05) is 13.8 Å². The smallest absolute Gasteiger partial charge is 0.336 e. The van der Waals surface area contributed by atoms with Crippen LogP contribution < -0.4 is 10.9 Å². The summed E-state index contributed by atoms with van der Waals surface area (Å²) in [6, 6.07) is 14.9. The van der Waals surface area contributed by atoms with Crippen LogP contribution in [0.1, 0.15) is 42.0 Å². The second kappa shape index (κ2) is 6.82. The third-order valence-electron chi connectivity index (χ3n) is 4.34. The van der Waals surface area contributed by atoms with E-state index < -0.39 is 0 Å². The topological polar surface area (TPSA) is 66.0 Å². The maximum absolute atomic E-state index is 11.9. The van der Waals surface area contributed by atoms with E-state index in [1.807, 2.05) is 25.1 Å². The zero-order valence-corrected chi connectivity index (χ0v) is 14.6. The van der Waals surface area contributed by atoms with Gasteiger partial charge in [-0.05, 0) is 65.9 Å². The monoisotopic (exact) mass is 332 g/mol. The Balaban J connectivity index is 1.98. The van der Waals surface area contributed by atoms with Gasteiger partial charge in [-0.25, -0.2) is 4.79 Å². The minimum Gasteiger partial charge on any atom is -0.423 e. The largest absolute Gasteiger partial charge is 0.423 e.